The summed E-state index contributed by atoms with van der Waals surface area (Å²) < 4.78 is 2.56. The first-order valence-electron chi connectivity index (χ1n) is 10.5. The summed E-state index contributed by atoms with van der Waals surface area (Å²) >= 11 is 1.35. The van der Waals surface area contributed by atoms with E-state index < -0.39 is 5.97 Å². The summed E-state index contributed by atoms with van der Waals surface area (Å²) in [5, 5.41) is 10.1. The topological polar surface area (TPSA) is 96.9 Å². The van der Waals surface area contributed by atoms with Gasteiger partial charge in [-0.2, -0.15) is 0 Å². The van der Waals surface area contributed by atoms with Crippen molar-refractivity contribution in [2.75, 3.05) is 0 Å². The van der Waals surface area contributed by atoms with Crippen molar-refractivity contribution in [3.8, 4) is 0 Å². The van der Waals surface area contributed by atoms with Gasteiger partial charge in [-0.3, -0.25) is 5.73 Å². The number of urea groups is 1. The van der Waals surface area contributed by atoms with Crippen molar-refractivity contribution in [2.24, 2.45) is 0 Å². The lowest BCUT2D eigenvalue weighted by Gasteiger charge is -2.03. The Morgan fingerprint density at radius 3 is 1.86 bits per heavy atom. The molecule has 6 heteroatoms. The first-order chi connectivity index (χ1) is 13.6. The van der Waals surface area contributed by atoms with Gasteiger partial charge in [0.1, 0.15) is 0 Å². The lowest BCUT2D eigenvalue weighted by Crippen LogP contribution is -2.61. The van der Waals surface area contributed by atoms with E-state index in [1.54, 1.807) is 0 Å². The summed E-state index contributed by atoms with van der Waals surface area (Å²) in [6, 6.07) is 9.69. The third kappa shape index (κ3) is 20.8. The maximum absolute atomic E-state index is 10.4. The highest BCUT2D eigenvalue weighted by Crippen LogP contribution is 2.11. The molecule has 0 spiro atoms. The Bertz CT molecular complexity index is 498. The summed E-state index contributed by atoms with van der Waals surface area (Å²) in [5.74, 6) is -0.127. The molecule has 0 aliphatic heterocycles. The second-order valence-electron chi connectivity index (χ2n) is 6.96. The molecule has 2 amide bonds. The zero-order chi connectivity index (χ0) is 20.9. The lowest BCUT2D eigenvalue weighted by atomic mass is 10.1. The van der Waals surface area contributed by atoms with Gasteiger partial charge in [-0.1, -0.05) is 101 Å². The molecule has 0 saturated carbocycles. The van der Waals surface area contributed by atoms with Gasteiger partial charge in [0.05, 0.1) is 0 Å². The number of carbonyl (C=O) groups is 2. The molecule has 5 nitrogen and oxygen atoms in total. The van der Waals surface area contributed by atoms with Crippen LogP contribution < -0.4 is 15.6 Å². The third-order valence-corrected chi connectivity index (χ3v) is 5.10. The minimum atomic E-state index is -0.907. The summed E-state index contributed by atoms with van der Waals surface area (Å²) in [6.45, 7) is 2.24. The van der Waals surface area contributed by atoms with Crippen LogP contribution in [0.15, 0.2) is 30.3 Å². The molecule has 4 N–H and O–H groups in total. The van der Waals surface area contributed by atoms with Gasteiger partial charge in [0.15, 0.2) is 0 Å². The van der Waals surface area contributed by atoms with E-state index in [-0.39, 0.29) is 12.5 Å². The fraction of sp³-hybridized carbons (Fsp3) is 0.636. The number of carboxylic acid groups (broad SMARTS) is 1. The Balaban J connectivity index is 0.000000540. The number of carboxylic acids is 1. The highest BCUT2D eigenvalue weighted by molar-refractivity contribution is 7.97. The molecule has 0 aromatic heterocycles. The Morgan fingerprint density at radius 1 is 0.893 bits per heavy atom. The number of benzene rings is 1. The second kappa shape index (κ2) is 20.2. The average molecular weight is 411 g/mol. The van der Waals surface area contributed by atoms with E-state index in [1.807, 2.05) is 30.3 Å². The molecule has 1 aromatic carbocycles. The zero-order valence-electron chi connectivity index (χ0n) is 17.4. The van der Waals surface area contributed by atoms with E-state index in [1.165, 1.54) is 75.3 Å². The van der Waals surface area contributed by atoms with Gasteiger partial charge in [-0.05, 0) is 30.4 Å². The van der Waals surface area contributed by atoms with Crippen molar-refractivity contribution in [3.63, 3.8) is 0 Å². The maximum atomic E-state index is 10.4. The predicted molar refractivity (Wildman–Crippen MR) is 115 cm³/mol. The molecule has 0 aliphatic rings. The van der Waals surface area contributed by atoms with Gasteiger partial charge in [0.2, 0.25) is 0 Å². The lowest BCUT2D eigenvalue weighted by molar-refractivity contribution is -0.305. The Hall–Kier alpha value is -1.53. The summed E-state index contributed by atoms with van der Waals surface area (Å²) in [4.78, 5) is 20.5. The molecule has 0 atom stereocenters. The normalized spacial score (nSPS) is 10.1. The number of unbranched alkanes of at least 4 members (excludes halogenated alkanes) is 10. The van der Waals surface area contributed by atoms with Gasteiger partial charge >= 0.3 is 6.03 Å². The highest BCUT2D eigenvalue weighted by Gasteiger charge is 1.96. The Kier molecular flexibility index (Phi) is 19.1. The van der Waals surface area contributed by atoms with Crippen LogP contribution in [0.25, 0.3) is 0 Å². The number of carbonyl (C=O) groups excluding carboxylic acids is 2. The number of hydrogen-bond donors (Lipinski definition) is 2. The van der Waals surface area contributed by atoms with Crippen LogP contribution in [-0.4, -0.2) is 12.0 Å². The van der Waals surface area contributed by atoms with Gasteiger partial charge in [0.25, 0.3) is 0 Å². The highest BCUT2D eigenvalue weighted by atomic mass is 32.2. The third-order valence-electron chi connectivity index (χ3n) is 4.25. The van der Waals surface area contributed by atoms with Gasteiger partial charge in [-0.25, -0.2) is 9.52 Å². The van der Waals surface area contributed by atoms with Crippen molar-refractivity contribution in [1.82, 2.24) is 4.72 Å². The molecule has 1 aromatic rings. The van der Waals surface area contributed by atoms with Crippen molar-refractivity contribution >= 4 is 23.9 Å². The number of hydrogen-bond acceptors (Lipinski definition) is 4. The van der Waals surface area contributed by atoms with Crippen LogP contribution in [0.1, 0.15) is 89.5 Å². The van der Waals surface area contributed by atoms with E-state index >= 15 is 0 Å². The van der Waals surface area contributed by atoms with E-state index in [4.69, 9.17) is 0 Å². The van der Waals surface area contributed by atoms with Crippen LogP contribution in [-0.2, 0) is 10.5 Å². The standard InChI is InChI=1S/C14H28O2.C8H10N2OS/c1-2-3-4-5-6-7-8-9-10-11-12-13-14(15)16;9-8(11)10-12-6-7-4-2-1-3-5-7/h2-13H2,1H3,(H,15,16);1-5H,6H2,(H3,9,10,11). The van der Waals surface area contributed by atoms with Crippen LogP contribution >= 0.6 is 11.9 Å². The maximum Gasteiger partial charge on any atom is 0.421 e. The summed E-state index contributed by atoms with van der Waals surface area (Å²) in [7, 11) is 0. The smallest absolute Gasteiger partial charge is 0.421 e. The number of rotatable bonds is 15. The summed E-state index contributed by atoms with van der Waals surface area (Å²) in [6.07, 6.45) is 14.0. The molecule has 0 aliphatic carbocycles. The van der Waals surface area contributed by atoms with Crippen LogP contribution in [0.5, 0.6) is 0 Å². The first kappa shape index (κ1) is 26.5. The number of aliphatic carboxylic acids is 1. The SMILES string of the molecule is CCCCCCCCCCCCCC(=O)[O-].[NH3+]C(=O)NSCc1ccccc1. The molecule has 0 bridgehead atoms. The second-order valence-corrected chi connectivity index (χ2v) is 7.74. The number of quaternary nitrogens is 1. The van der Waals surface area contributed by atoms with Crippen molar-refractivity contribution in [2.45, 2.75) is 89.7 Å². The van der Waals surface area contributed by atoms with E-state index in [0.29, 0.717) is 0 Å². The fourth-order valence-corrected chi connectivity index (χ4v) is 3.30. The molecule has 0 saturated heterocycles. The Labute approximate surface area is 175 Å². The number of nitrogens with one attached hydrogen (secondary N) is 1. The van der Waals surface area contributed by atoms with Crippen molar-refractivity contribution in [3.05, 3.63) is 35.9 Å². The molecular weight excluding hydrogens is 372 g/mol. The number of amides is 2. The molecular formula is C22H38N2O3S. The largest absolute Gasteiger partial charge is 0.550 e. The Morgan fingerprint density at radius 2 is 1.39 bits per heavy atom. The van der Waals surface area contributed by atoms with Crippen molar-refractivity contribution < 1.29 is 20.4 Å². The molecule has 0 unspecified atom stereocenters. The van der Waals surface area contributed by atoms with Gasteiger partial charge in [-0.15, -0.1) is 0 Å². The van der Waals surface area contributed by atoms with E-state index in [2.05, 4.69) is 17.4 Å². The zero-order valence-corrected chi connectivity index (χ0v) is 18.2. The van der Waals surface area contributed by atoms with Gasteiger partial charge in [0, 0.05) is 11.7 Å². The quantitative estimate of drug-likeness (QED) is 0.334. The molecule has 28 heavy (non-hydrogen) atoms. The minimum absolute atomic E-state index is 0.233. The monoisotopic (exact) mass is 410 g/mol. The average Bonchev–Trinajstić information content (AvgIpc) is 2.67. The minimum Gasteiger partial charge on any atom is -0.550 e. The molecule has 1 rings (SSSR count). The first-order valence-corrected chi connectivity index (χ1v) is 11.5. The molecule has 0 radical (unpaired) electrons. The molecule has 160 valence electrons. The molecule has 0 heterocycles. The van der Waals surface area contributed by atoms with Crippen molar-refractivity contribution in [1.29, 1.82) is 0 Å². The van der Waals surface area contributed by atoms with Crippen LogP contribution in [0.3, 0.4) is 0 Å². The van der Waals surface area contributed by atoms with Crippen LogP contribution in [0, 0.1) is 0 Å². The van der Waals surface area contributed by atoms with Crippen LogP contribution in [0.4, 0.5) is 4.79 Å². The predicted octanol–water partition coefficient (Wildman–Crippen LogP) is 4.22. The fourth-order valence-electron chi connectivity index (χ4n) is 2.71. The van der Waals surface area contributed by atoms with Gasteiger partial charge < -0.3 is 9.90 Å². The van der Waals surface area contributed by atoms with E-state index in [9.17, 15) is 14.7 Å². The summed E-state index contributed by atoms with van der Waals surface area (Å²) in [5.41, 5.74) is 4.39. The molecule has 0 fully saturated rings. The van der Waals surface area contributed by atoms with E-state index in [0.717, 1.165) is 18.6 Å². The van der Waals surface area contributed by atoms with Crippen LogP contribution in [0.2, 0.25) is 0 Å².